The van der Waals surface area contributed by atoms with Crippen molar-refractivity contribution in [3.05, 3.63) is 117 Å². The standard InChI is InChI=1S/C73H84Cl2N10O26/c1-26(2)14-38(79-7)64(96)84-54-56(91)30-9-12-42(36(74)16-30)106-44-18-32-19-45(60(44)111-71-61(58(93)57(92)46(25-86)108-71)110-49-24-73(6,78)63(95)28(4)105-49)107-43-13-10-31(17-37(43)75)59(109-48-23-72(5,77)62(94)27(3)104-48)55-69(101)83-53(70(102)103)35-20-33(87)21-41(89)50(35)34-15-29(8-11-40(34)88)51(66(98)85-55)82-67(99)52(32)81-65(97)39(22-47(76)90)80-68(54)100/h8-13,15-21,26-28,38-39,46,48-49,51-59,61,71,79,86-89,91-93H,14,22-25,77-78H2,1-7H3,(H2,76,90)(H,80,100)(H,81,97)(H,82,99)(H,83,101)(H,84,96)(H,85,98)(H,102,103)/t27-,28-,38+,39+,46+,48-,49-,51+,52+,53+,54+,55-,56+,57+,58-,59+,61+,71-,72-,73-/m0/s1. The van der Waals surface area contributed by atoms with Gasteiger partial charge in [-0.15, -0.1) is 0 Å². The van der Waals surface area contributed by atoms with Gasteiger partial charge in [0.05, 0.1) is 40.2 Å². The molecular weight excluding hydrogens is 1500 g/mol. The minimum Gasteiger partial charge on any atom is -0.508 e. The van der Waals surface area contributed by atoms with Crippen LogP contribution in [0.4, 0.5) is 0 Å². The van der Waals surface area contributed by atoms with Gasteiger partial charge >= 0.3 is 5.97 Å². The molecule has 20 atom stereocenters. The van der Waals surface area contributed by atoms with Crippen molar-refractivity contribution in [2.75, 3.05) is 13.7 Å². The van der Waals surface area contributed by atoms with Gasteiger partial charge in [0.15, 0.2) is 47.8 Å². The topological polar surface area (TPSA) is 569 Å². The Morgan fingerprint density at radius 2 is 1.23 bits per heavy atom. The molecule has 596 valence electrons. The lowest BCUT2D eigenvalue weighted by Crippen LogP contribution is -2.63. The molecule has 36 nitrogen and oxygen atoms in total. The number of fused-ring (bicyclic) bond motifs is 15. The number of likely N-dealkylation sites (N-methyl/N-ethyl adjacent to an activating group) is 1. The number of carbonyl (C=O) groups is 10. The molecule has 5 aromatic carbocycles. The van der Waals surface area contributed by atoms with E-state index in [2.05, 4.69) is 37.2 Å². The van der Waals surface area contributed by atoms with Crippen molar-refractivity contribution in [3.8, 4) is 57.1 Å². The van der Waals surface area contributed by atoms with Crippen LogP contribution < -0.4 is 68.6 Å². The van der Waals surface area contributed by atoms with E-state index in [0.29, 0.717) is 0 Å². The molecule has 11 bridgehead atoms. The number of nitrogens with one attached hydrogen (secondary N) is 7. The van der Waals surface area contributed by atoms with Crippen LogP contribution in [0.3, 0.4) is 0 Å². The van der Waals surface area contributed by atoms with E-state index in [9.17, 15) is 69.6 Å². The number of aliphatic hydroxyl groups is 4. The summed E-state index contributed by atoms with van der Waals surface area (Å²) >= 11 is 14.5. The number of hydrogen-bond donors (Lipinski definition) is 18. The maximum absolute atomic E-state index is 16.4. The van der Waals surface area contributed by atoms with Gasteiger partial charge in [-0.1, -0.05) is 55.2 Å². The second-order valence-electron chi connectivity index (χ2n) is 28.8. The van der Waals surface area contributed by atoms with Gasteiger partial charge in [-0.3, -0.25) is 43.2 Å². The molecule has 0 aromatic heterocycles. The maximum atomic E-state index is 16.4. The Balaban J connectivity index is 1.19. The number of ether oxygens (including phenoxy) is 8. The smallest absolute Gasteiger partial charge is 0.330 e. The first-order valence-corrected chi connectivity index (χ1v) is 35.8. The van der Waals surface area contributed by atoms with Crippen LogP contribution in [-0.2, 0) is 71.6 Å². The summed E-state index contributed by atoms with van der Waals surface area (Å²) in [6, 6.07) is -0.733. The normalized spacial score (nSPS) is 30.7. The van der Waals surface area contributed by atoms with Crippen LogP contribution >= 0.6 is 23.2 Å². The zero-order valence-electron chi connectivity index (χ0n) is 60.4. The van der Waals surface area contributed by atoms with Crippen molar-refractivity contribution >= 4 is 82.1 Å². The van der Waals surface area contributed by atoms with Gasteiger partial charge in [-0.25, -0.2) is 4.79 Å². The predicted octanol–water partition coefficient (Wildman–Crippen LogP) is 0.760. The highest BCUT2D eigenvalue weighted by Crippen LogP contribution is 2.50. The summed E-state index contributed by atoms with van der Waals surface area (Å²) in [5.41, 5.74) is 12.6. The average Bonchev–Trinajstić information content (AvgIpc) is 0.763. The molecule has 3 saturated heterocycles. The molecule has 111 heavy (non-hydrogen) atoms. The SMILES string of the molecule is CN[C@H](CC(C)C)C(=O)N[C@H]1C(=O)N[C@H](CC(N)=O)C(=O)N[C@H]2C(=O)N[C@H]3C(=O)N[C@H](C(=O)N[C@@H](C(=O)O)c4cc(O)cc(O)c4-c4cc3ccc4O)[C@H](O[C@H]3C[C@](C)(N)C(=O)[C@H](C)O3)c3ccc(c(Cl)c3)Oc3cc2cc(c3O[C@@H]2O[C@H](CO)[C@@H](O)[C@H](O)[C@H]2O[C@H]2C[C@](C)(N)C(=O)[C@H](C)O2)Oc2ccc(cc2Cl)[C@H]1O. The predicted molar refractivity (Wildman–Crippen MR) is 384 cm³/mol. The molecule has 0 unspecified atom stereocenters. The maximum Gasteiger partial charge on any atom is 0.330 e. The van der Waals surface area contributed by atoms with Gasteiger partial charge in [0, 0.05) is 35.6 Å². The summed E-state index contributed by atoms with van der Waals surface area (Å²) in [5.74, 6) is -17.4. The number of aliphatic hydroxyl groups excluding tert-OH is 4. The van der Waals surface area contributed by atoms with E-state index >= 15 is 19.2 Å². The van der Waals surface area contributed by atoms with E-state index < -0.39 is 267 Å². The Labute approximate surface area is 642 Å². The lowest BCUT2D eigenvalue weighted by molar-refractivity contribution is -0.323. The number of rotatable bonds is 15. The highest BCUT2D eigenvalue weighted by Gasteiger charge is 2.52. The molecule has 0 spiro atoms. The molecule has 0 radical (unpaired) electrons. The zero-order valence-corrected chi connectivity index (χ0v) is 61.9. The number of nitrogens with two attached hydrogens (primary N) is 3. The number of hydrogen-bond acceptors (Lipinski definition) is 28. The molecule has 3 fully saturated rings. The molecular formula is C73H84Cl2N10O26. The average molecular weight is 1590 g/mol. The van der Waals surface area contributed by atoms with Crippen LogP contribution in [0, 0.1) is 5.92 Å². The number of aromatic hydroxyl groups is 3. The molecule has 38 heteroatoms. The number of Topliss-reactive ketones (excluding diaryl/α,β-unsaturated/α-hetero) is 2. The van der Waals surface area contributed by atoms with Gasteiger partial charge in [-0.05, 0) is 124 Å². The summed E-state index contributed by atoms with van der Waals surface area (Å²) in [4.78, 5) is 146. The third-order valence-electron chi connectivity index (χ3n) is 19.7. The van der Waals surface area contributed by atoms with E-state index in [1.54, 1.807) is 0 Å². The first kappa shape index (κ1) is 82.1. The van der Waals surface area contributed by atoms with E-state index in [-0.39, 0.29) is 46.2 Å². The number of primary amides is 1. The fourth-order valence-electron chi connectivity index (χ4n) is 14.0. The van der Waals surface area contributed by atoms with Crippen molar-refractivity contribution < 1.29 is 127 Å². The first-order valence-electron chi connectivity index (χ1n) is 35.0. The second kappa shape index (κ2) is 32.8. The van der Waals surface area contributed by atoms with E-state index in [0.717, 1.165) is 60.7 Å². The van der Waals surface area contributed by atoms with Crippen LogP contribution in [0.5, 0.6) is 46.0 Å². The van der Waals surface area contributed by atoms with Gasteiger partial charge in [0.25, 0.3) is 0 Å². The van der Waals surface area contributed by atoms with Crippen LogP contribution in [0.2, 0.25) is 10.0 Å². The summed E-state index contributed by atoms with van der Waals surface area (Å²) in [7, 11) is 1.47. The molecule has 13 rings (SSSR count). The Morgan fingerprint density at radius 3 is 1.79 bits per heavy atom. The van der Waals surface area contributed by atoms with E-state index in [4.69, 9.17) is 78.3 Å². The van der Waals surface area contributed by atoms with Gasteiger partial charge < -0.3 is 133 Å². The fourth-order valence-corrected chi connectivity index (χ4v) is 14.5. The minimum absolute atomic E-state index is 0.115. The van der Waals surface area contributed by atoms with Crippen molar-refractivity contribution in [2.45, 2.75) is 188 Å². The van der Waals surface area contributed by atoms with Crippen molar-refractivity contribution in [1.29, 1.82) is 0 Å². The number of phenolic OH excluding ortho intramolecular Hbond substituents is 3. The molecule has 8 aliphatic heterocycles. The lowest BCUT2D eigenvalue weighted by atomic mass is 9.88. The highest BCUT2D eigenvalue weighted by atomic mass is 35.5. The number of carbonyl (C=O) groups excluding carboxylic acids is 9. The number of amides is 7. The molecule has 5 aromatic rings. The van der Waals surface area contributed by atoms with Crippen LogP contribution in [0.1, 0.15) is 125 Å². The number of halogens is 2. The number of benzene rings is 5. The van der Waals surface area contributed by atoms with Crippen LogP contribution in [-0.4, -0.2) is 204 Å². The number of ketones is 2. The Morgan fingerprint density at radius 1 is 0.658 bits per heavy atom. The van der Waals surface area contributed by atoms with Crippen LogP contribution in [0.15, 0.2) is 78.9 Å². The Bertz CT molecular complexity index is 4530. The number of carboxylic acid groups (broad SMARTS) is 1. The number of aliphatic carboxylic acids is 1. The Hall–Kier alpha value is -9.90. The fraction of sp³-hybridized carbons (Fsp3) is 0.452. The summed E-state index contributed by atoms with van der Waals surface area (Å²) < 4.78 is 51.3. The molecule has 8 heterocycles. The van der Waals surface area contributed by atoms with Gasteiger partial charge in [0.2, 0.25) is 53.4 Å². The molecule has 0 saturated carbocycles. The van der Waals surface area contributed by atoms with Gasteiger partial charge in [0.1, 0.15) is 102 Å². The minimum atomic E-state index is -2.39. The largest absolute Gasteiger partial charge is 0.508 e. The molecule has 0 aliphatic carbocycles. The summed E-state index contributed by atoms with van der Waals surface area (Å²) in [6.07, 6.45) is -21.2. The van der Waals surface area contributed by atoms with Crippen LogP contribution in [0.25, 0.3) is 11.1 Å². The first-order chi connectivity index (χ1) is 52.3. The zero-order chi connectivity index (χ0) is 80.9. The van der Waals surface area contributed by atoms with E-state index in [1.165, 1.54) is 52.9 Å². The van der Waals surface area contributed by atoms with Gasteiger partial charge in [-0.2, -0.15) is 0 Å². The third-order valence-corrected chi connectivity index (χ3v) is 20.3. The van der Waals surface area contributed by atoms with Crippen molar-refractivity contribution in [2.24, 2.45) is 23.1 Å². The third kappa shape index (κ3) is 17.4. The number of phenols is 3. The molecule has 21 N–H and O–H groups in total. The lowest BCUT2D eigenvalue weighted by Gasteiger charge is -2.45. The monoisotopic (exact) mass is 1590 g/mol. The number of carboxylic acids is 1. The molecule has 7 amide bonds. The quantitative estimate of drug-likeness (QED) is 0.0688. The van der Waals surface area contributed by atoms with E-state index in [1.807, 2.05) is 13.8 Å². The molecule has 8 aliphatic rings. The highest BCUT2D eigenvalue weighted by molar-refractivity contribution is 6.32. The van der Waals surface area contributed by atoms with Crippen molar-refractivity contribution in [3.63, 3.8) is 0 Å². The second-order valence-corrected chi connectivity index (χ2v) is 29.6. The Kier molecular flexibility index (Phi) is 24.3. The van der Waals surface area contributed by atoms with Crippen molar-refractivity contribution in [1.82, 2.24) is 37.2 Å². The summed E-state index contributed by atoms with van der Waals surface area (Å²) in [6.45, 7) is 8.14. The summed E-state index contributed by atoms with van der Waals surface area (Å²) in [5, 5.41) is 109.